The molecule has 0 spiro atoms. The van der Waals surface area contributed by atoms with Crippen LogP contribution in [0.1, 0.15) is 201 Å². The summed E-state index contributed by atoms with van der Waals surface area (Å²) >= 11 is 0. The number of ether oxygens (including phenoxy) is 8. The van der Waals surface area contributed by atoms with Gasteiger partial charge in [0, 0.05) is 57.1 Å². The minimum Gasteiger partial charge on any atom is -0.668 e. The second-order valence-corrected chi connectivity index (χ2v) is 23.6. The molecule has 4 rings (SSSR count). The second-order valence-electron chi connectivity index (χ2n) is 23.6. The third-order valence-corrected chi connectivity index (χ3v) is 16.7. The number of aliphatic hydroxyl groups is 11. The van der Waals surface area contributed by atoms with E-state index in [9.17, 15) is 66.7 Å². The average molecular weight is 1410 g/mol. The quantitative estimate of drug-likeness (QED) is 0.0297. The summed E-state index contributed by atoms with van der Waals surface area (Å²) in [7, 11) is 0. The Bertz CT molecular complexity index is 1690. The van der Waals surface area contributed by atoms with Crippen molar-refractivity contribution in [1.29, 1.82) is 0 Å². The van der Waals surface area contributed by atoms with Gasteiger partial charge in [0.05, 0.1) is 56.4 Å². The van der Waals surface area contributed by atoms with E-state index in [0.717, 1.165) is 44.9 Å². The van der Waals surface area contributed by atoms with E-state index >= 15 is 0 Å². The molecular weight excluding hydrogens is 1300 g/mol. The van der Waals surface area contributed by atoms with Crippen LogP contribution in [-0.2, 0) is 42.7 Å². The van der Waals surface area contributed by atoms with Gasteiger partial charge in [-0.1, -0.05) is 173 Å². The third kappa shape index (κ3) is 26.3. The van der Waals surface area contributed by atoms with E-state index in [0.29, 0.717) is 6.42 Å². The molecule has 0 aromatic carbocycles. The van der Waals surface area contributed by atoms with Crippen molar-refractivity contribution in [2.75, 3.05) is 26.4 Å². The van der Waals surface area contributed by atoms with Crippen molar-refractivity contribution in [3.63, 3.8) is 0 Å². The number of amides is 1. The van der Waals surface area contributed by atoms with Crippen LogP contribution in [0.4, 0.5) is 0 Å². The Morgan fingerprint density at radius 3 is 1.53 bits per heavy atom. The first-order valence-corrected chi connectivity index (χ1v) is 31.7. The number of rotatable bonds is 42. The number of carbonyl (C=O) groups is 1. The minimum atomic E-state index is -1.91. The van der Waals surface area contributed by atoms with Crippen molar-refractivity contribution < 1.29 is 143 Å². The fraction of sp³-hybridized carbons (Fsp3) is 0.950. The Morgan fingerprint density at radius 2 is 0.988 bits per heavy atom. The van der Waals surface area contributed by atoms with Crippen LogP contribution >= 0.6 is 0 Å². The van der Waals surface area contributed by atoms with Gasteiger partial charge >= 0.3 is 0 Å². The third-order valence-electron chi connectivity index (χ3n) is 16.7. The summed E-state index contributed by atoms with van der Waals surface area (Å²) in [6.07, 6.45) is 2.59. The van der Waals surface area contributed by atoms with Gasteiger partial charge in [0.25, 0.3) is 0 Å². The summed E-state index contributed by atoms with van der Waals surface area (Å²) in [5.41, 5.74) is 9.57. The van der Waals surface area contributed by atoms with Crippen LogP contribution in [0, 0.1) is 44.1 Å². The largest absolute Gasteiger partial charge is 0.668 e. The molecule has 0 bridgehead atoms. The van der Waals surface area contributed by atoms with Crippen LogP contribution in [0.3, 0.4) is 0 Å². The molecule has 13 N–H and O–H groups in total. The van der Waals surface area contributed by atoms with Crippen molar-refractivity contribution in [2.45, 2.75) is 336 Å². The van der Waals surface area contributed by atoms with Crippen LogP contribution in [0.5, 0.6) is 0 Å². The Kier molecular flexibility index (Phi) is 40.4. The predicted molar refractivity (Wildman–Crippen MR) is 305 cm³/mol. The maximum absolute atomic E-state index is 13.6. The molecule has 1 amide bonds. The topological polar surface area (TPSA) is 349 Å². The molecular formula is C60H111AcN2O20-. The number of hydrogen-bond acceptors (Lipinski definition) is 20. The van der Waals surface area contributed by atoms with Crippen molar-refractivity contribution in [3.05, 3.63) is 17.9 Å². The van der Waals surface area contributed by atoms with Crippen LogP contribution in [-0.4, -0.2) is 223 Å². The SMILES string of the molecule is CCCCCCCCCCCCC/C=C/C(O)C(CO[C@@H]1OC(CO)[C@H](O[C@@H]2OC(CO)[C@H](O)C(O)C2O[C@@H]2OC(C)[C@H](O)C(O)C2O)C(OCC[C@H]2OC(C)C(O)[C@@H](O)C2O)C1[NH-])NC(=O)CCCCCCCCCCCCCCC.[Ac]. The Balaban J connectivity index is 0.0000181. The Morgan fingerprint density at radius 1 is 0.518 bits per heavy atom. The molecule has 0 aliphatic carbocycles. The van der Waals surface area contributed by atoms with Gasteiger partial charge in [-0.25, -0.2) is 0 Å². The number of carbonyl (C=O) groups excluding carboxylic acids is 1. The first kappa shape index (κ1) is 77.1. The van der Waals surface area contributed by atoms with Crippen molar-refractivity contribution in [2.24, 2.45) is 0 Å². The van der Waals surface area contributed by atoms with Gasteiger partial charge in [-0.2, -0.15) is 0 Å². The zero-order chi connectivity index (χ0) is 60.0. The smallest absolute Gasteiger partial charge is 0.220 e. The van der Waals surface area contributed by atoms with Crippen LogP contribution in [0.2, 0.25) is 0 Å². The second kappa shape index (κ2) is 43.5. The van der Waals surface area contributed by atoms with Crippen LogP contribution in [0.25, 0.3) is 5.73 Å². The molecule has 22 nitrogen and oxygen atoms in total. The summed E-state index contributed by atoms with van der Waals surface area (Å²) in [6, 6.07) is -2.55. The zero-order valence-electron chi connectivity index (χ0n) is 50.4. The molecule has 4 fully saturated rings. The molecule has 22 atom stereocenters. The number of nitrogens with one attached hydrogen (secondary N) is 2. The van der Waals surface area contributed by atoms with Crippen molar-refractivity contribution in [3.8, 4) is 0 Å². The maximum atomic E-state index is 13.6. The molecule has 4 aliphatic heterocycles. The Labute approximate surface area is 530 Å². The van der Waals surface area contributed by atoms with E-state index in [-0.39, 0.29) is 76.0 Å². The molecule has 4 aliphatic rings. The van der Waals surface area contributed by atoms with E-state index in [4.69, 9.17) is 37.9 Å². The van der Waals surface area contributed by atoms with Crippen LogP contribution < -0.4 is 5.32 Å². The van der Waals surface area contributed by atoms with Gasteiger partial charge in [-0.05, 0) is 39.5 Å². The summed E-state index contributed by atoms with van der Waals surface area (Å²) in [4.78, 5) is 13.6. The molecule has 485 valence electrons. The standard InChI is InChI=1S/C60H111N2O20.Ac/c1-5-7-9-11-13-15-17-19-21-23-25-27-29-31-41(65)40(62-45(66)32-30-28-26-24-22-20-18-16-14-12-10-8-6-2)37-76-58-46(61)56(75-34-33-42-49(69)51(71)47(67)38(3)77-42)55(44(36-64)80-58)81-60-57(53(73)50(70)43(35-63)79-60)82-59-54(74)52(72)48(68)39(4)78-59;/h29,31,38-44,46-61,63-65,67-74H,5-28,30,32-37H2,1-4H3,(H,62,66);/q-1;/b31-29+;/t38?,39?,40?,41?,42-,43?,44?,46?,47?,48+,49?,50+,51-,52?,53?,54?,55+,56?,57?,58-,59+,60+;/m1./s1. The van der Waals surface area contributed by atoms with E-state index in [1.54, 1.807) is 6.08 Å². The monoisotopic (exact) mass is 1410 g/mol. The summed E-state index contributed by atoms with van der Waals surface area (Å²) in [6.45, 7) is 5.13. The summed E-state index contributed by atoms with van der Waals surface area (Å²) < 4.78 is 48.5. The molecule has 23 heteroatoms. The van der Waals surface area contributed by atoms with E-state index in [1.807, 2.05) is 6.08 Å². The van der Waals surface area contributed by atoms with Crippen molar-refractivity contribution in [1.82, 2.24) is 5.32 Å². The Hall–Kier alpha value is -0.148. The first-order chi connectivity index (χ1) is 39.5. The fourth-order valence-electron chi connectivity index (χ4n) is 11.3. The van der Waals surface area contributed by atoms with Gasteiger partial charge in [0.1, 0.15) is 79.5 Å². The van der Waals surface area contributed by atoms with Crippen LogP contribution in [0.15, 0.2) is 12.2 Å². The number of hydrogen-bond donors (Lipinski definition) is 12. The van der Waals surface area contributed by atoms with Gasteiger partial charge in [0.2, 0.25) is 5.91 Å². The molecule has 14 unspecified atom stereocenters. The number of unbranched alkanes of at least 4 members (excludes halogenated alkanes) is 23. The first-order valence-electron chi connectivity index (χ1n) is 31.7. The van der Waals surface area contributed by atoms with Gasteiger partial charge in [-0.15, -0.1) is 0 Å². The molecule has 4 heterocycles. The van der Waals surface area contributed by atoms with E-state index < -0.39 is 148 Å². The summed E-state index contributed by atoms with van der Waals surface area (Å²) in [5, 5.41) is 122. The predicted octanol–water partition coefficient (Wildman–Crippen LogP) is 4.41. The fourth-order valence-corrected chi connectivity index (χ4v) is 11.3. The molecule has 1 radical (unpaired) electrons. The maximum Gasteiger partial charge on any atom is 0.220 e. The van der Waals surface area contributed by atoms with E-state index in [1.165, 1.54) is 123 Å². The molecule has 83 heavy (non-hydrogen) atoms. The molecule has 4 saturated heterocycles. The molecule has 0 saturated carbocycles. The molecule has 0 aromatic heterocycles. The van der Waals surface area contributed by atoms with Gasteiger partial charge in [-0.3, -0.25) is 4.79 Å². The minimum absolute atomic E-state index is 0. The van der Waals surface area contributed by atoms with Crippen molar-refractivity contribution >= 4 is 5.91 Å². The van der Waals surface area contributed by atoms with E-state index in [2.05, 4.69) is 19.2 Å². The normalized spacial score (nSPS) is 34.8. The summed E-state index contributed by atoms with van der Waals surface area (Å²) in [5.74, 6) is -0.285. The molecule has 0 aromatic rings. The number of aliphatic hydroxyl groups excluding tert-OH is 11. The van der Waals surface area contributed by atoms with Gasteiger partial charge in [0.15, 0.2) is 12.6 Å². The average Bonchev–Trinajstić information content (AvgIpc) is 3.46. The van der Waals surface area contributed by atoms with Gasteiger partial charge < -0.3 is 105 Å². The zero-order valence-corrected chi connectivity index (χ0v) is 55.2. The number of allylic oxidation sites excluding steroid dienone is 1.